The molecule has 0 aliphatic rings. The molecule has 0 radical (unpaired) electrons. The molecule has 0 aliphatic carbocycles. The summed E-state index contributed by atoms with van der Waals surface area (Å²) in [5.74, 6) is 0.261. The first-order valence-corrected chi connectivity index (χ1v) is 11.3. The molecule has 5 nitrogen and oxygen atoms in total. The number of nitrogens with zero attached hydrogens (tertiary/aromatic N) is 1. The summed E-state index contributed by atoms with van der Waals surface area (Å²) in [4.78, 5) is 28.5. The third-order valence-corrected chi connectivity index (χ3v) is 5.63. The molecule has 0 spiro atoms. The van der Waals surface area contributed by atoms with Crippen LogP contribution in [0.1, 0.15) is 25.0 Å². The van der Waals surface area contributed by atoms with E-state index in [0.717, 1.165) is 11.1 Å². The SMILES string of the molecule is COc1ccc(NC(=O)C(C(C)C)N(Cc2ccc(Cl)cc2)C(=O)Cc2ccccc2)cc1. The van der Waals surface area contributed by atoms with Gasteiger partial charge in [0.05, 0.1) is 13.5 Å². The average Bonchev–Trinajstić information content (AvgIpc) is 2.81. The Kier molecular flexibility index (Phi) is 8.50. The van der Waals surface area contributed by atoms with Gasteiger partial charge in [-0.25, -0.2) is 0 Å². The molecule has 33 heavy (non-hydrogen) atoms. The number of carbonyl (C=O) groups excluding carboxylic acids is 2. The molecule has 0 saturated heterocycles. The smallest absolute Gasteiger partial charge is 0.247 e. The van der Waals surface area contributed by atoms with Crippen molar-refractivity contribution in [3.8, 4) is 5.75 Å². The summed E-state index contributed by atoms with van der Waals surface area (Å²) >= 11 is 6.04. The second-order valence-corrected chi connectivity index (χ2v) is 8.65. The van der Waals surface area contributed by atoms with E-state index >= 15 is 0 Å². The Hall–Kier alpha value is -3.31. The van der Waals surface area contributed by atoms with E-state index in [2.05, 4.69) is 5.32 Å². The summed E-state index contributed by atoms with van der Waals surface area (Å²) in [5.41, 5.74) is 2.46. The molecular weight excluding hydrogens is 436 g/mol. The van der Waals surface area contributed by atoms with E-state index < -0.39 is 6.04 Å². The Labute approximate surface area is 200 Å². The molecule has 3 rings (SSSR count). The second kappa shape index (κ2) is 11.5. The number of amides is 2. The van der Waals surface area contributed by atoms with Gasteiger partial charge in [0.15, 0.2) is 0 Å². The molecule has 172 valence electrons. The maximum Gasteiger partial charge on any atom is 0.247 e. The summed E-state index contributed by atoms with van der Waals surface area (Å²) in [6, 6.07) is 23.4. The van der Waals surface area contributed by atoms with Crippen molar-refractivity contribution in [2.45, 2.75) is 32.9 Å². The quantitative estimate of drug-likeness (QED) is 0.449. The van der Waals surface area contributed by atoms with Gasteiger partial charge >= 0.3 is 0 Å². The summed E-state index contributed by atoms with van der Waals surface area (Å²) in [6.07, 6.45) is 0.216. The van der Waals surface area contributed by atoms with Crippen molar-refractivity contribution in [3.63, 3.8) is 0 Å². The minimum Gasteiger partial charge on any atom is -0.497 e. The van der Waals surface area contributed by atoms with Crippen LogP contribution in [0.15, 0.2) is 78.9 Å². The third-order valence-electron chi connectivity index (χ3n) is 5.38. The number of halogens is 1. The van der Waals surface area contributed by atoms with Crippen molar-refractivity contribution in [1.82, 2.24) is 4.90 Å². The average molecular weight is 465 g/mol. The molecule has 0 heterocycles. The summed E-state index contributed by atoms with van der Waals surface area (Å²) in [5, 5.41) is 3.58. The van der Waals surface area contributed by atoms with Crippen molar-refractivity contribution in [2.75, 3.05) is 12.4 Å². The zero-order valence-electron chi connectivity index (χ0n) is 19.1. The Balaban J connectivity index is 1.88. The molecule has 0 bridgehead atoms. The highest BCUT2D eigenvalue weighted by atomic mass is 35.5. The van der Waals surface area contributed by atoms with Crippen LogP contribution in [-0.4, -0.2) is 29.9 Å². The normalized spacial score (nSPS) is 11.7. The molecule has 0 saturated carbocycles. The van der Waals surface area contributed by atoms with Crippen LogP contribution in [0.25, 0.3) is 0 Å². The van der Waals surface area contributed by atoms with Crippen molar-refractivity contribution < 1.29 is 14.3 Å². The number of rotatable bonds is 9. The number of hydrogen-bond donors (Lipinski definition) is 1. The lowest BCUT2D eigenvalue weighted by atomic mass is 9.99. The molecule has 2 amide bonds. The summed E-state index contributed by atoms with van der Waals surface area (Å²) < 4.78 is 5.19. The monoisotopic (exact) mass is 464 g/mol. The Morgan fingerprint density at radius 3 is 2.12 bits per heavy atom. The zero-order chi connectivity index (χ0) is 23.8. The van der Waals surface area contributed by atoms with Crippen LogP contribution in [0.4, 0.5) is 5.69 Å². The molecule has 3 aromatic carbocycles. The van der Waals surface area contributed by atoms with E-state index in [4.69, 9.17) is 16.3 Å². The Bertz CT molecular complexity index is 1050. The van der Waals surface area contributed by atoms with E-state index in [9.17, 15) is 9.59 Å². The van der Waals surface area contributed by atoms with Crippen molar-refractivity contribution in [3.05, 3.63) is 95.0 Å². The van der Waals surface area contributed by atoms with Gasteiger partial charge in [0.1, 0.15) is 11.8 Å². The number of ether oxygens (including phenoxy) is 1. The van der Waals surface area contributed by atoms with E-state index in [1.807, 2.05) is 56.3 Å². The van der Waals surface area contributed by atoms with Gasteiger partial charge in [0, 0.05) is 17.3 Å². The molecule has 6 heteroatoms. The fraction of sp³-hybridized carbons (Fsp3) is 0.259. The molecule has 1 atom stereocenters. The van der Waals surface area contributed by atoms with E-state index in [1.54, 1.807) is 48.4 Å². The molecular formula is C27H29ClN2O3. The van der Waals surface area contributed by atoms with Gasteiger partial charge in [0.2, 0.25) is 11.8 Å². The first-order valence-electron chi connectivity index (χ1n) is 10.9. The Morgan fingerprint density at radius 2 is 1.55 bits per heavy atom. The maximum absolute atomic E-state index is 13.5. The van der Waals surface area contributed by atoms with Crippen LogP contribution in [0.3, 0.4) is 0 Å². The van der Waals surface area contributed by atoms with Crippen LogP contribution < -0.4 is 10.1 Å². The largest absolute Gasteiger partial charge is 0.497 e. The standard InChI is InChI=1S/C27H29ClN2O3/c1-19(2)26(27(32)29-23-13-15-24(33-3)16-14-23)30(18-21-9-11-22(28)12-10-21)25(31)17-20-7-5-4-6-8-20/h4-16,19,26H,17-18H2,1-3H3,(H,29,32). The number of benzene rings is 3. The number of carbonyl (C=O) groups is 2. The van der Waals surface area contributed by atoms with E-state index in [1.165, 1.54) is 0 Å². The predicted octanol–water partition coefficient (Wildman–Crippen LogP) is 5.58. The lowest BCUT2D eigenvalue weighted by Crippen LogP contribution is -2.50. The van der Waals surface area contributed by atoms with Crippen molar-refractivity contribution in [1.29, 1.82) is 0 Å². The van der Waals surface area contributed by atoms with Crippen molar-refractivity contribution >= 4 is 29.1 Å². The number of nitrogens with one attached hydrogen (secondary N) is 1. The molecule has 1 unspecified atom stereocenters. The highest BCUT2D eigenvalue weighted by Crippen LogP contribution is 2.21. The lowest BCUT2D eigenvalue weighted by molar-refractivity contribution is -0.140. The van der Waals surface area contributed by atoms with Crippen LogP contribution in [-0.2, 0) is 22.6 Å². The van der Waals surface area contributed by atoms with Crippen molar-refractivity contribution in [2.24, 2.45) is 5.92 Å². The predicted molar refractivity (Wildman–Crippen MR) is 132 cm³/mol. The first kappa shape index (κ1) is 24.3. The lowest BCUT2D eigenvalue weighted by Gasteiger charge is -2.34. The molecule has 0 fully saturated rings. The molecule has 0 aliphatic heterocycles. The summed E-state index contributed by atoms with van der Waals surface area (Å²) in [6.45, 7) is 4.20. The molecule has 1 N–H and O–H groups in total. The van der Waals surface area contributed by atoms with Crippen LogP contribution in [0.2, 0.25) is 5.02 Å². The van der Waals surface area contributed by atoms with Crippen LogP contribution in [0.5, 0.6) is 5.75 Å². The second-order valence-electron chi connectivity index (χ2n) is 8.22. The van der Waals surface area contributed by atoms with E-state index in [-0.39, 0.29) is 24.2 Å². The minimum absolute atomic E-state index is 0.102. The van der Waals surface area contributed by atoms with Gasteiger partial charge in [-0.15, -0.1) is 0 Å². The highest BCUT2D eigenvalue weighted by Gasteiger charge is 2.32. The van der Waals surface area contributed by atoms with Gasteiger partial charge in [-0.2, -0.15) is 0 Å². The fourth-order valence-electron chi connectivity index (χ4n) is 3.69. The molecule has 3 aromatic rings. The zero-order valence-corrected chi connectivity index (χ0v) is 19.9. The topological polar surface area (TPSA) is 58.6 Å². The first-order chi connectivity index (χ1) is 15.9. The number of anilines is 1. The van der Waals surface area contributed by atoms with Crippen LogP contribution >= 0.6 is 11.6 Å². The van der Waals surface area contributed by atoms with Gasteiger partial charge in [-0.3, -0.25) is 9.59 Å². The van der Waals surface area contributed by atoms with Gasteiger partial charge in [-0.1, -0.05) is 67.9 Å². The van der Waals surface area contributed by atoms with Crippen LogP contribution in [0, 0.1) is 5.92 Å². The minimum atomic E-state index is -0.654. The third kappa shape index (κ3) is 6.83. The fourth-order valence-corrected chi connectivity index (χ4v) is 3.82. The van der Waals surface area contributed by atoms with Gasteiger partial charge < -0.3 is 15.0 Å². The number of methoxy groups -OCH3 is 1. The molecule has 0 aromatic heterocycles. The van der Waals surface area contributed by atoms with Gasteiger partial charge in [-0.05, 0) is 53.4 Å². The highest BCUT2D eigenvalue weighted by molar-refractivity contribution is 6.30. The summed E-state index contributed by atoms with van der Waals surface area (Å²) in [7, 11) is 1.59. The van der Waals surface area contributed by atoms with E-state index in [0.29, 0.717) is 23.0 Å². The van der Waals surface area contributed by atoms with Gasteiger partial charge in [0.25, 0.3) is 0 Å². The number of hydrogen-bond acceptors (Lipinski definition) is 3. The Morgan fingerprint density at radius 1 is 0.909 bits per heavy atom. The maximum atomic E-state index is 13.5.